The summed E-state index contributed by atoms with van der Waals surface area (Å²) in [5, 5.41) is 2.98. The highest BCUT2D eigenvalue weighted by Gasteiger charge is 2.13. The Labute approximate surface area is 139 Å². The maximum atomic E-state index is 12.3. The van der Waals surface area contributed by atoms with Crippen LogP contribution in [0.5, 0.6) is 5.75 Å². The van der Waals surface area contributed by atoms with Gasteiger partial charge in [-0.25, -0.2) is 4.79 Å². The molecule has 6 heteroatoms. The van der Waals surface area contributed by atoms with Crippen molar-refractivity contribution in [3.63, 3.8) is 0 Å². The zero-order valence-electron chi connectivity index (χ0n) is 13.0. The summed E-state index contributed by atoms with van der Waals surface area (Å²) in [6, 6.07) is 9.74. The molecule has 120 valence electrons. The van der Waals surface area contributed by atoms with Crippen LogP contribution in [0.25, 0.3) is 0 Å². The normalized spacial score (nSPS) is 10.1. The summed E-state index contributed by atoms with van der Waals surface area (Å²) in [5.41, 5.74) is 1.98. The van der Waals surface area contributed by atoms with Crippen molar-refractivity contribution in [2.75, 3.05) is 19.5 Å². The van der Waals surface area contributed by atoms with Gasteiger partial charge in [0.15, 0.2) is 0 Å². The monoisotopic (exact) mass is 333 g/mol. The molecule has 5 nitrogen and oxygen atoms in total. The van der Waals surface area contributed by atoms with Crippen molar-refractivity contribution < 1.29 is 19.1 Å². The molecule has 0 aliphatic rings. The number of nitrogens with one attached hydrogen (secondary N) is 1. The maximum Gasteiger partial charge on any atom is 0.339 e. The molecular weight excluding hydrogens is 318 g/mol. The molecule has 0 aromatic heterocycles. The van der Waals surface area contributed by atoms with Crippen molar-refractivity contribution in [3.8, 4) is 5.75 Å². The lowest BCUT2D eigenvalue weighted by Gasteiger charge is -2.10. The fraction of sp³-hybridized carbons (Fsp3) is 0.176. The third-order valence-corrected chi connectivity index (χ3v) is 3.62. The lowest BCUT2D eigenvalue weighted by atomic mass is 10.1. The lowest BCUT2D eigenvalue weighted by Crippen LogP contribution is -2.13. The van der Waals surface area contributed by atoms with E-state index in [-0.39, 0.29) is 16.5 Å². The molecule has 1 N–H and O–H groups in total. The average molecular weight is 334 g/mol. The average Bonchev–Trinajstić information content (AvgIpc) is 2.55. The largest absolute Gasteiger partial charge is 0.496 e. The summed E-state index contributed by atoms with van der Waals surface area (Å²) >= 11 is 5.95. The Morgan fingerprint density at radius 2 is 1.83 bits per heavy atom. The van der Waals surface area contributed by atoms with E-state index >= 15 is 0 Å². The standard InChI is InChI=1S/C17H16ClNO4/c1-10-8-11(4-7-15(10)22-2)16(20)19-12-5-6-14(18)13(9-12)17(21)23-3/h4-9H,1-3H3,(H,19,20). The maximum absolute atomic E-state index is 12.3. The van der Waals surface area contributed by atoms with Gasteiger partial charge in [-0.3, -0.25) is 4.79 Å². The van der Waals surface area contributed by atoms with Crippen molar-refractivity contribution >= 4 is 29.2 Å². The first-order chi connectivity index (χ1) is 11.0. The van der Waals surface area contributed by atoms with Gasteiger partial charge in [-0.05, 0) is 48.9 Å². The summed E-state index contributed by atoms with van der Waals surface area (Å²) in [6.07, 6.45) is 0. The van der Waals surface area contributed by atoms with Crippen LogP contribution >= 0.6 is 11.6 Å². The van der Waals surface area contributed by atoms with Crippen molar-refractivity contribution in [2.24, 2.45) is 0 Å². The molecule has 2 aromatic carbocycles. The zero-order chi connectivity index (χ0) is 17.0. The number of halogens is 1. The number of hydrogen-bond acceptors (Lipinski definition) is 4. The highest BCUT2D eigenvalue weighted by molar-refractivity contribution is 6.33. The predicted octanol–water partition coefficient (Wildman–Crippen LogP) is 3.70. The zero-order valence-corrected chi connectivity index (χ0v) is 13.7. The van der Waals surface area contributed by atoms with Crippen molar-refractivity contribution in [2.45, 2.75) is 6.92 Å². The minimum atomic E-state index is -0.564. The van der Waals surface area contributed by atoms with Gasteiger partial charge in [0.1, 0.15) is 5.75 Å². The molecule has 0 unspecified atom stereocenters. The van der Waals surface area contributed by atoms with Gasteiger partial charge in [-0.15, -0.1) is 0 Å². The van der Waals surface area contributed by atoms with Crippen LogP contribution in [0.4, 0.5) is 5.69 Å². The van der Waals surface area contributed by atoms with Crippen LogP contribution in [0.2, 0.25) is 5.02 Å². The van der Waals surface area contributed by atoms with E-state index in [0.717, 1.165) is 5.56 Å². The Bertz CT molecular complexity index is 758. The summed E-state index contributed by atoms with van der Waals surface area (Å²) in [6.45, 7) is 1.85. The second kappa shape index (κ2) is 7.15. The molecule has 0 saturated heterocycles. The summed E-state index contributed by atoms with van der Waals surface area (Å²) in [7, 11) is 2.84. The Morgan fingerprint density at radius 3 is 2.43 bits per heavy atom. The fourth-order valence-electron chi connectivity index (χ4n) is 2.09. The van der Waals surface area contributed by atoms with Crippen LogP contribution in [-0.4, -0.2) is 26.1 Å². The van der Waals surface area contributed by atoms with Gasteiger partial charge in [0.2, 0.25) is 0 Å². The van der Waals surface area contributed by atoms with Crippen LogP contribution in [0.15, 0.2) is 36.4 Å². The Hall–Kier alpha value is -2.53. The van der Waals surface area contributed by atoms with E-state index in [4.69, 9.17) is 16.3 Å². The molecule has 23 heavy (non-hydrogen) atoms. The molecule has 1 amide bonds. The van der Waals surface area contributed by atoms with E-state index in [1.165, 1.54) is 19.2 Å². The van der Waals surface area contributed by atoms with Crippen LogP contribution in [-0.2, 0) is 4.74 Å². The Morgan fingerprint density at radius 1 is 1.09 bits per heavy atom. The first-order valence-corrected chi connectivity index (χ1v) is 7.18. The first-order valence-electron chi connectivity index (χ1n) is 6.80. The van der Waals surface area contributed by atoms with Gasteiger partial charge in [0, 0.05) is 11.3 Å². The molecular formula is C17H16ClNO4. The van der Waals surface area contributed by atoms with Crippen LogP contribution in [0, 0.1) is 6.92 Å². The highest BCUT2D eigenvalue weighted by Crippen LogP contribution is 2.23. The third kappa shape index (κ3) is 3.81. The van der Waals surface area contributed by atoms with E-state index in [2.05, 4.69) is 10.1 Å². The van der Waals surface area contributed by atoms with Gasteiger partial charge in [0.05, 0.1) is 24.8 Å². The number of carbonyl (C=O) groups is 2. The van der Waals surface area contributed by atoms with E-state index in [9.17, 15) is 9.59 Å². The second-order valence-corrected chi connectivity index (χ2v) is 5.23. The third-order valence-electron chi connectivity index (χ3n) is 3.29. The quantitative estimate of drug-likeness (QED) is 0.866. The minimum Gasteiger partial charge on any atom is -0.496 e. The van der Waals surface area contributed by atoms with Crippen LogP contribution in [0.3, 0.4) is 0 Å². The SMILES string of the molecule is COC(=O)c1cc(NC(=O)c2ccc(OC)c(C)c2)ccc1Cl. The van der Waals surface area contributed by atoms with Gasteiger partial charge in [-0.1, -0.05) is 11.6 Å². The van der Waals surface area contributed by atoms with Gasteiger partial charge < -0.3 is 14.8 Å². The van der Waals surface area contributed by atoms with Crippen molar-refractivity contribution in [1.29, 1.82) is 0 Å². The number of aryl methyl sites for hydroxylation is 1. The fourth-order valence-corrected chi connectivity index (χ4v) is 2.29. The molecule has 0 atom stereocenters. The lowest BCUT2D eigenvalue weighted by molar-refractivity contribution is 0.0600. The van der Waals surface area contributed by atoms with E-state index in [0.29, 0.717) is 17.0 Å². The molecule has 0 heterocycles. The van der Waals surface area contributed by atoms with Crippen LogP contribution < -0.4 is 10.1 Å². The van der Waals surface area contributed by atoms with Gasteiger partial charge in [-0.2, -0.15) is 0 Å². The minimum absolute atomic E-state index is 0.192. The van der Waals surface area contributed by atoms with Gasteiger partial charge >= 0.3 is 5.97 Å². The van der Waals surface area contributed by atoms with Crippen molar-refractivity contribution in [3.05, 3.63) is 58.1 Å². The number of benzene rings is 2. The predicted molar refractivity (Wildman–Crippen MR) is 88.5 cm³/mol. The highest BCUT2D eigenvalue weighted by atomic mass is 35.5. The molecule has 0 saturated carbocycles. The Kier molecular flexibility index (Phi) is 5.24. The number of anilines is 1. The summed E-state index contributed by atoms with van der Waals surface area (Å²) < 4.78 is 9.82. The number of amides is 1. The number of hydrogen-bond donors (Lipinski definition) is 1. The van der Waals surface area contributed by atoms with E-state index in [1.54, 1.807) is 31.4 Å². The molecule has 0 radical (unpaired) electrons. The van der Waals surface area contributed by atoms with Crippen LogP contribution in [0.1, 0.15) is 26.3 Å². The summed E-state index contributed by atoms with van der Waals surface area (Å²) in [4.78, 5) is 23.9. The number of carbonyl (C=O) groups excluding carboxylic acids is 2. The number of esters is 1. The molecule has 2 rings (SSSR count). The molecule has 0 spiro atoms. The van der Waals surface area contributed by atoms with Crippen molar-refractivity contribution in [1.82, 2.24) is 0 Å². The van der Waals surface area contributed by atoms with Gasteiger partial charge in [0.25, 0.3) is 5.91 Å². The molecule has 2 aromatic rings. The summed E-state index contributed by atoms with van der Waals surface area (Å²) in [5.74, 6) is -0.152. The number of ether oxygens (including phenoxy) is 2. The smallest absolute Gasteiger partial charge is 0.339 e. The second-order valence-electron chi connectivity index (χ2n) is 4.82. The first kappa shape index (κ1) is 16.8. The molecule has 0 aliphatic carbocycles. The number of rotatable bonds is 4. The van der Waals surface area contributed by atoms with E-state index in [1.807, 2.05) is 6.92 Å². The topological polar surface area (TPSA) is 64.6 Å². The molecule has 0 bridgehead atoms. The number of methoxy groups -OCH3 is 2. The molecule has 0 aliphatic heterocycles. The van der Waals surface area contributed by atoms with E-state index < -0.39 is 5.97 Å². The molecule has 0 fully saturated rings. The Balaban J connectivity index is 2.23.